The summed E-state index contributed by atoms with van der Waals surface area (Å²) in [4.78, 5) is 22.6. The zero-order chi connectivity index (χ0) is 22.0. The number of methoxy groups -OCH3 is 1. The highest BCUT2D eigenvalue weighted by Crippen LogP contribution is 2.38. The molecule has 8 nitrogen and oxygen atoms in total. The number of aryl methyl sites for hydroxylation is 2. The number of nitrogens with zero attached hydrogens (tertiary/aromatic N) is 4. The Labute approximate surface area is 187 Å². The van der Waals surface area contributed by atoms with Crippen molar-refractivity contribution in [3.63, 3.8) is 0 Å². The summed E-state index contributed by atoms with van der Waals surface area (Å²) in [5.41, 5.74) is 1.83. The second-order valence-electron chi connectivity index (χ2n) is 6.62. The molecule has 0 saturated heterocycles. The van der Waals surface area contributed by atoms with Gasteiger partial charge in [0.15, 0.2) is 0 Å². The van der Waals surface area contributed by atoms with Crippen molar-refractivity contribution in [1.29, 1.82) is 0 Å². The van der Waals surface area contributed by atoms with Crippen LogP contribution in [0.15, 0.2) is 38.9 Å². The van der Waals surface area contributed by atoms with Crippen LogP contribution in [-0.2, 0) is 11.2 Å². The van der Waals surface area contributed by atoms with Crippen molar-refractivity contribution in [3.05, 3.63) is 52.0 Å². The minimum absolute atomic E-state index is 0.317. The molecule has 0 saturated carbocycles. The average Bonchev–Trinajstić information content (AvgIpc) is 3.32. The fourth-order valence-electron chi connectivity index (χ4n) is 3.02. The molecule has 0 aliphatic heterocycles. The van der Waals surface area contributed by atoms with Crippen LogP contribution < -0.4 is 4.74 Å². The molecule has 0 amide bonds. The molecule has 0 N–H and O–H groups in total. The van der Waals surface area contributed by atoms with Gasteiger partial charge in [-0.15, -0.1) is 21.5 Å². The molecule has 3 aromatic heterocycles. The summed E-state index contributed by atoms with van der Waals surface area (Å²) in [7, 11) is 1.63. The third-order valence-corrected chi connectivity index (χ3v) is 6.47. The van der Waals surface area contributed by atoms with Crippen LogP contribution in [0.25, 0.3) is 10.2 Å². The van der Waals surface area contributed by atoms with Gasteiger partial charge in [-0.3, -0.25) is 0 Å². The highest BCUT2D eigenvalue weighted by Gasteiger charge is 2.22. The Bertz CT molecular complexity index is 1230. The molecule has 0 aliphatic carbocycles. The van der Waals surface area contributed by atoms with Crippen molar-refractivity contribution in [1.82, 2.24) is 20.2 Å². The second kappa shape index (κ2) is 9.03. The molecule has 0 aliphatic rings. The van der Waals surface area contributed by atoms with E-state index >= 15 is 0 Å². The fraction of sp³-hybridized carbons (Fsp3) is 0.286. The van der Waals surface area contributed by atoms with E-state index in [1.54, 1.807) is 14.0 Å². The summed E-state index contributed by atoms with van der Waals surface area (Å²) in [6, 6.07) is 7.70. The third-order valence-electron chi connectivity index (χ3n) is 4.48. The van der Waals surface area contributed by atoms with E-state index in [-0.39, 0.29) is 5.97 Å². The van der Waals surface area contributed by atoms with Crippen LogP contribution in [0.2, 0.25) is 0 Å². The standard InChI is InChI=1S/C21H20N4O4S2/c1-5-28-20(26)17-11(2)16-18(30-17)22-12(3)23-19(16)31-21-25-24-15(29-21)10-13-6-8-14(27-4)9-7-13/h6-9H,5,10H2,1-4H3. The molecule has 0 radical (unpaired) electrons. The average molecular weight is 457 g/mol. The number of thiophene rings is 1. The highest BCUT2D eigenvalue weighted by atomic mass is 32.2. The molecule has 160 valence electrons. The first-order chi connectivity index (χ1) is 15.0. The quantitative estimate of drug-likeness (QED) is 0.291. The minimum Gasteiger partial charge on any atom is -0.497 e. The zero-order valence-corrected chi connectivity index (χ0v) is 19.1. The predicted molar refractivity (Wildman–Crippen MR) is 117 cm³/mol. The van der Waals surface area contributed by atoms with Crippen LogP contribution in [0, 0.1) is 13.8 Å². The predicted octanol–water partition coefficient (Wildman–Crippen LogP) is 4.62. The number of benzene rings is 1. The highest BCUT2D eigenvalue weighted by molar-refractivity contribution is 7.99. The normalized spacial score (nSPS) is 11.1. The van der Waals surface area contributed by atoms with Crippen LogP contribution in [-0.4, -0.2) is 39.9 Å². The van der Waals surface area contributed by atoms with Crippen LogP contribution in [0.4, 0.5) is 0 Å². The molecule has 31 heavy (non-hydrogen) atoms. The number of fused-ring (bicyclic) bond motifs is 1. The lowest BCUT2D eigenvalue weighted by molar-refractivity contribution is 0.0531. The van der Waals surface area contributed by atoms with Crippen molar-refractivity contribution in [3.8, 4) is 5.75 Å². The van der Waals surface area contributed by atoms with Crippen LogP contribution >= 0.6 is 23.1 Å². The summed E-state index contributed by atoms with van der Waals surface area (Å²) in [6.07, 6.45) is 0.514. The van der Waals surface area contributed by atoms with Crippen molar-refractivity contribution < 1.29 is 18.7 Å². The first-order valence-corrected chi connectivity index (χ1v) is 11.2. The van der Waals surface area contributed by atoms with Crippen LogP contribution in [0.1, 0.15) is 39.4 Å². The Morgan fingerprint density at radius 2 is 1.94 bits per heavy atom. The summed E-state index contributed by atoms with van der Waals surface area (Å²) >= 11 is 2.57. The number of ether oxygens (including phenoxy) is 2. The monoisotopic (exact) mass is 456 g/mol. The van der Waals surface area contributed by atoms with Gasteiger partial charge in [-0.2, -0.15) is 0 Å². The Hall–Kier alpha value is -2.98. The lowest BCUT2D eigenvalue weighted by atomic mass is 10.1. The number of esters is 1. The van der Waals surface area contributed by atoms with E-state index in [1.165, 1.54) is 23.1 Å². The summed E-state index contributed by atoms with van der Waals surface area (Å²) in [6.45, 7) is 5.78. The Balaban J connectivity index is 1.60. The molecular formula is C21H20N4O4S2. The van der Waals surface area contributed by atoms with E-state index in [0.717, 1.165) is 27.1 Å². The Kier molecular flexibility index (Phi) is 6.19. The molecule has 0 fully saturated rings. The number of rotatable bonds is 7. The molecule has 1 aromatic carbocycles. The van der Waals surface area contributed by atoms with E-state index in [4.69, 9.17) is 13.9 Å². The van der Waals surface area contributed by atoms with Crippen LogP contribution in [0.3, 0.4) is 0 Å². The lowest BCUT2D eigenvalue weighted by Gasteiger charge is -2.03. The first kappa shape index (κ1) is 21.3. The molecule has 10 heteroatoms. The zero-order valence-electron chi connectivity index (χ0n) is 17.5. The van der Waals surface area contributed by atoms with E-state index in [9.17, 15) is 4.79 Å². The second-order valence-corrected chi connectivity index (χ2v) is 8.56. The van der Waals surface area contributed by atoms with Gasteiger partial charge in [0.1, 0.15) is 26.3 Å². The Morgan fingerprint density at radius 3 is 2.65 bits per heavy atom. The van der Waals surface area contributed by atoms with Crippen molar-refractivity contribution in [2.75, 3.05) is 13.7 Å². The molecular weight excluding hydrogens is 436 g/mol. The number of hydrogen-bond acceptors (Lipinski definition) is 10. The number of hydrogen-bond donors (Lipinski definition) is 0. The molecule has 4 aromatic rings. The molecule has 3 heterocycles. The number of aromatic nitrogens is 4. The van der Waals surface area contributed by atoms with E-state index in [1.807, 2.05) is 38.1 Å². The topological polar surface area (TPSA) is 100 Å². The van der Waals surface area contributed by atoms with Gasteiger partial charge in [-0.05, 0) is 55.8 Å². The Morgan fingerprint density at radius 1 is 1.16 bits per heavy atom. The summed E-state index contributed by atoms with van der Waals surface area (Å²) in [5, 5.41) is 10.2. The minimum atomic E-state index is -0.351. The maximum Gasteiger partial charge on any atom is 0.348 e. The van der Waals surface area contributed by atoms with E-state index < -0.39 is 0 Å². The maximum atomic E-state index is 12.3. The van der Waals surface area contributed by atoms with Gasteiger partial charge >= 0.3 is 5.97 Å². The summed E-state index contributed by atoms with van der Waals surface area (Å²) < 4.78 is 16.2. The summed E-state index contributed by atoms with van der Waals surface area (Å²) in [5.74, 6) is 1.55. The van der Waals surface area contributed by atoms with Gasteiger partial charge in [0.2, 0.25) is 5.89 Å². The van der Waals surface area contributed by atoms with Gasteiger partial charge in [-0.25, -0.2) is 14.8 Å². The molecule has 4 rings (SSSR count). The number of carbonyl (C=O) groups is 1. The fourth-order valence-corrected chi connectivity index (χ4v) is 5.12. The van der Waals surface area contributed by atoms with Gasteiger partial charge in [0, 0.05) is 5.39 Å². The molecule has 0 atom stereocenters. The van der Waals surface area contributed by atoms with Crippen molar-refractivity contribution in [2.45, 2.75) is 37.4 Å². The SMILES string of the molecule is CCOC(=O)c1sc2nc(C)nc(Sc3nnc(Cc4ccc(OC)cc4)o3)c2c1C. The van der Waals surface area contributed by atoms with Gasteiger partial charge in [0.25, 0.3) is 5.22 Å². The largest absolute Gasteiger partial charge is 0.497 e. The molecule has 0 spiro atoms. The van der Waals surface area contributed by atoms with E-state index in [0.29, 0.717) is 39.9 Å². The van der Waals surface area contributed by atoms with Gasteiger partial charge < -0.3 is 13.9 Å². The number of carbonyl (C=O) groups excluding carboxylic acids is 1. The first-order valence-electron chi connectivity index (χ1n) is 9.56. The lowest BCUT2D eigenvalue weighted by Crippen LogP contribution is -2.03. The van der Waals surface area contributed by atoms with E-state index in [2.05, 4.69) is 20.2 Å². The molecule has 0 bridgehead atoms. The maximum absolute atomic E-state index is 12.3. The van der Waals surface area contributed by atoms with Crippen molar-refractivity contribution >= 4 is 39.3 Å². The smallest absolute Gasteiger partial charge is 0.348 e. The molecule has 0 unspecified atom stereocenters. The van der Waals surface area contributed by atoms with Crippen molar-refractivity contribution in [2.24, 2.45) is 0 Å². The third kappa shape index (κ3) is 4.54. The van der Waals surface area contributed by atoms with Gasteiger partial charge in [0.05, 0.1) is 20.1 Å². The van der Waals surface area contributed by atoms with Gasteiger partial charge in [-0.1, -0.05) is 12.1 Å². The van der Waals surface area contributed by atoms with Crippen LogP contribution in [0.5, 0.6) is 5.75 Å².